The number of pyridine rings is 1. The molecule has 6 nitrogen and oxygen atoms in total. The number of hydrogen-bond donors (Lipinski definition) is 1. The zero-order valence-electron chi connectivity index (χ0n) is 15.2. The number of carbonyl (C=O) groups excluding carboxylic acids is 1. The summed E-state index contributed by atoms with van der Waals surface area (Å²) in [4.78, 5) is 18.1. The van der Waals surface area contributed by atoms with E-state index in [9.17, 15) is 18.0 Å². The van der Waals surface area contributed by atoms with Crippen molar-refractivity contribution < 1.29 is 27.4 Å². The molecule has 27 heavy (non-hydrogen) atoms. The Morgan fingerprint density at radius 2 is 2.07 bits per heavy atom. The zero-order chi connectivity index (χ0) is 20.0. The molecule has 2 rings (SSSR count). The molecule has 1 aliphatic rings. The minimum atomic E-state index is -4.49. The van der Waals surface area contributed by atoms with Crippen LogP contribution < -0.4 is 10.1 Å². The Bertz CT molecular complexity index is 636. The van der Waals surface area contributed by atoms with E-state index < -0.39 is 18.7 Å². The molecule has 0 radical (unpaired) electrons. The van der Waals surface area contributed by atoms with Crippen LogP contribution in [-0.4, -0.2) is 67.0 Å². The summed E-state index contributed by atoms with van der Waals surface area (Å²) in [5.41, 5.74) is 0.160. The van der Waals surface area contributed by atoms with E-state index in [-0.39, 0.29) is 28.7 Å². The van der Waals surface area contributed by atoms with Gasteiger partial charge in [-0.1, -0.05) is 11.6 Å². The number of alkyl halides is 3. The number of morpholine rings is 1. The van der Waals surface area contributed by atoms with Gasteiger partial charge in [0, 0.05) is 32.4 Å². The van der Waals surface area contributed by atoms with Crippen LogP contribution in [0.1, 0.15) is 30.6 Å². The third kappa shape index (κ3) is 7.51. The first-order valence-corrected chi connectivity index (χ1v) is 9.03. The molecule has 1 saturated heterocycles. The van der Waals surface area contributed by atoms with Gasteiger partial charge in [-0.15, -0.1) is 0 Å². The fourth-order valence-electron chi connectivity index (χ4n) is 2.88. The predicted molar refractivity (Wildman–Crippen MR) is 94.2 cm³/mol. The molecule has 2 atom stereocenters. The Balaban J connectivity index is 1.76. The van der Waals surface area contributed by atoms with Gasteiger partial charge in [-0.25, -0.2) is 4.98 Å². The van der Waals surface area contributed by atoms with Gasteiger partial charge in [0.25, 0.3) is 5.91 Å². The highest BCUT2D eigenvalue weighted by molar-refractivity contribution is 6.32. The van der Waals surface area contributed by atoms with E-state index in [1.165, 1.54) is 6.07 Å². The van der Waals surface area contributed by atoms with E-state index in [0.29, 0.717) is 6.54 Å². The van der Waals surface area contributed by atoms with E-state index in [2.05, 4.69) is 19.9 Å². The number of rotatable bonds is 7. The van der Waals surface area contributed by atoms with Gasteiger partial charge in [0.2, 0.25) is 5.88 Å². The zero-order valence-corrected chi connectivity index (χ0v) is 15.9. The van der Waals surface area contributed by atoms with Crippen molar-refractivity contribution in [1.29, 1.82) is 0 Å². The minimum absolute atomic E-state index is 0.150. The highest BCUT2D eigenvalue weighted by Crippen LogP contribution is 2.25. The van der Waals surface area contributed by atoms with Crippen LogP contribution in [0.2, 0.25) is 5.02 Å². The van der Waals surface area contributed by atoms with Crippen LogP contribution in [-0.2, 0) is 4.74 Å². The Hall–Kier alpha value is -1.58. The maximum atomic E-state index is 12.2. The van der Waals surface area contributed by atoms with Gasteiger partial charge in [-0.2, -0.15) is 13.2 Å². The monoisotopic (exact) mass is 409 g/mol. The van der Waals surface area contributed by atoms with Crippen LogP contribution in [0.4, 0.5) is 13.2 Å². The number of aromatic nitrogens is 1. The van der Waals surface area contributed by atoms with Crippen molar-refractivity contribution in [3.63, 3.8) is 0 Å². The Labute approximate surface area is 161 Å². The normalized spacial score (nSPS) is 21.1. The summed E-state index contributed by atoms with van der Waals surface area (Å²) in [6.07, 6.45) is -2.21. The lowest BCUT2D eigenvalue weighted by atomic mass is 10.2. The molecule has 1 amide bonds. The smallest absolute Gasteiger partial charge is 0.422 e. The van der Waals surface area contributed by atoms with Gasteiger partial charge in [-0.05, 0) is 26.3 Å². The minimum Gasteiger partial charge on any atom is -0.467 e. The van der Waals surface area contributed by atoms with E-state index in [1.54, 1.807) is 0 Å². The quantitative estimate of drug-likeness (QED) is 0.701. The van der Waals surface area contributed by atoms with Gasteiger partial charge in [-0.3, -0.25) is 9.69 Å². The molecular formula is C17H23ClF3N3O3. The maximum absolute atomic E-state index is 12.2. The molecule has 0 spiro atoms. The summed E-state index contributed by atoms with van der Waals surface area (Å²) in [5.74, 6) is -0.753. The molecule has 1 aromatic rings. The highest BCUT2D eigenvalue weighted by atomic mass is 35.5. The maximum Gasteiger partial charge on any atom is 0.422 e. The Kier molecular flexibility index (Phi) is 7.69. The first-order chi connectivity index (χ1) is 12.6. The molecule has 0 saturated carbocycles. The van der Waals surface area contributed by atoms with Crippen LogP contribution in [0.3, 0.4) is 0 Å². The number of nitrogens with zero attached hydrogens (tertiary/aromatic N) is 2. The topological polar surface area (TPSA) is 63.7 Å². The average molecular weight is 410 g/mol. The van der Waals surface area contributed by atoms with Crippen LogP contribution in [0, 0.1) is 0 Å². The van der Waals surface area contributed by atoms with Crippen molar-refractivity contribution in [1.82, 2.24) is 15.2 Å². The molecule has 152 valence electrons. The van der Waals surface area contributed by atoms with Gasteiger partial charge in [0.15, 0.2) is 6.61 Å². The summed E-state index contributed by atoms with van der Waals surface area (Å²) in [6, 6.07) is 1.24. The van der Waals surface area contributed by atoms with Crippen LogP contribution in [0.5, 0.6) is 5.88 Å². The average Bonchev–Trinajstić information content (AvgIpc) is 2.55. The lowest BCUT2D eigenvalue weighted by Gasteiger charge is -2.35. The number of halogens is 4. The van der Waals surface area contributed by atoms with E-state index >= 15 is 0 Å². The summed E-state index contributed by atoms with van der Waals surface area (Å²) >= 11 is 5.84. The Morgan fingerprint density at radius 3 is 2.67 bits per heavy atom. The number of hydrogen-bond acceptors (Lipinski definition) is 5. The first-order valence-electron chi connectivity index (χ1n) is 8.65. The summed E-state index contributed by atoms with van der Waals surface area (Å²) < 4.78 is 46.7. The largest absolute Gasteiger partial charge is 0.467 e. The molecule has 2 heterocycles. The molecule has 0 aliphatic carbocycles. The molecule has 1 fully saturated rings. The van der Waals surface area contributed by atoms with Crippen molar-refractivity contribution in [2.75, 3.05) is 32.8 Å². The van der Waals surface area contributed by atoms with Gasteiger partial charge in [0.1, 0.15) is 5.02 Å². The summed E-state index contributed by atoms with van der Waals surface area (Å²) in [5, 5.41) is 2.60. The lowest BCUT2D eigenvalue weighted by molar-refractivity contribution is -0.154. The molecule has 1 aromatic heterocycles. The number of amides is 1. The third-order valence-electron chi connectivity index (χ3n) is 3.87. The van der Waals surface area contributed by atoms with Crippen molar-refractivity contribution >= 4 is 17.5 Å². The fraction of sp³-hybridized carbons (Fsp3) is 0.647. The van der Waals surface area contributed by atoms with Crippen LogP contribution >= 0.6 is 11.6 Å². The molecule has 1 aliphatic heterocycles. The molecule has 0 aromatic carbocycles. The summed E-state index contributed by atoms with van der Waals surface area (Å²) in [7, 11) is 0. The van der Waals surface area contributed by atoms with E-state index in [4.69, 9.17) is 16.3 Å². The second-order valence-electron chi connectivity index (χ2n) is 6.54. The first kappa shape index (κ1) is 21.7. The number of nitrogens with one attached hydrogen (secondary N) is 1. The van der Waals surface area contributed by atoms with Crippen molar-refractivity contribution in [2.45, 2.75) is 38.7 Å². The standard InChI is InChI=1S/C17H23ClF3N3O3/c1-11-8-24(9-12(2)27-11)5-3-4-22-15(25)13-6-14(18)16(23-7-13)26-10-17(19,20)21/h6-7,11-12H,3-5,8-10H2,1-2H3,(H,22,25). The highest BCUT2D eigenvalue weighted by Gasteiger charge is 2.29. The molecule has 1 N–H and O–H groups in total. The van der Waals surface area contributed by atoms with Gasteiger partial charge in [0.05, 0.1) is 17.8 Å². The molecular weight excluding hydrogens is 387 g/mol. The van der Waals surface area contributed by atoms with Crippen molar-refractivity contribution in [3.05, 3.63) is 22.8 Å². The van der Waals surface area contributed by atoms with Gasteiger partial charge >= 0.3 is 6.18 Å². The van der Waals surface area contributed by atoms with Crippen molar-refractivity contribution in [2.24, 2.45) is 0 Å². The second kappa shape index (κ2) is 9.57. The second-order valence-corrected chi connectivity index (χ2v) is 6.95. The fourth-order valence-corrected chi connectivity index (χ4v) is 3.10. The molecule has 0 bridgehead atoms. The van der Waals surface area contributed by atoms with Crippen LogP contribution in [0.25, 0.3) is 0 Å². The van der Waals surface area contributed by atoms with Gasteiger partial charge < -0.3 is 14.8 Å². The summed E-state index contributed by atoms with van der Waals surface area (Å²) in [6.45, 7) is 5.58. The lowest BCUT2D eigenvalue weighted by Crippen LogP contribution is -2.46. The molecule has 2 unspecified atom stereocenters. The third-order valence-corrected chi connectivity index (χ3v) is 4.14. The van der Waals surface area contributed by atoms with Crippen molar-refractivity contribution in [3.8, 4) is 5.88 Å². The number of ether oxygens (including phenoxy) is 2. The van der Waals surface area contributed by atoms with Crippen LogP contribution in [0.15, 0.2) is 12.3 Å². The SMILES string of the molecule is CC1CN(CCCNC(=O)c2cnc(OCC(F)(F)F)c(Cl)c2)CC(C)O1. The molecule has 10 heteroatoms. The van der Waals surface area contributed by atoms with E-state index in [1.807, 2.05) is 13.8 Å². The Morgan fingerprint density at radius 1 is 1.41 bits per heavy atom. The predicted octanol–water partition coefficient (Wildman–Crippen LogP) is 2.91. The number of carbonyl (C=O) groups is 1. The van der Waals surface area contributed by atoms with E-state index in [0.717, 1.165) is 32.3 Å².